The summed E-state index contributed by atoms with van der Waals surface area (Å²) in [6, 6.07) is 0. The fourth-order valence-corrected chi connectivity index (χ4v) is 1.76. The average Bonchev–Trinajstić information content (AvgIpc) is 2.39. The molecule has 0 saturated heterocycles. The average molecular weight is 269 g/mol. The van der Waals surface area contributed by atoms with Gasteiger partial charge in [0.15, 0.2) is 0 Å². The van der Waals surface area contributed by atoms with Gasteiger partial charge in [0.1, 0.15) is 0 Å². The predicted molar refractivity (Wildman–Crippen MR) is 69.7 cm³/mol. The highest BCUT2D eigenvalue weighted by molar-refractivity contribution is 5.75. The van der Waals surface area contributed by atoms with Crippen LogP contribution in [-0.4, -0.2) is 38.7 Å². The zero-order valence-corrected chi connectivity index (χ0v) is 11.4. The van der Waals surface area contributed by atoms with Gasteiger partial charge in [0.25, 0.3) is 5.56 Å². The van der Waals surface area contributed by atoms with E-state index in [1.807, 2.05) is 0 Å². The molecule has 0 unspecified atom stereocenters. The predicted octanol–water partition coefficient (Wildman–Crippen LogP) is -1.19. The molecule has 1 N–H and O–H groups in total. The van der Waals surface area contributed by atoms with Crippen molar-refractivity contribution in [2.24, 2.45) is 14.1 Å². The van der Waals surface area contributed by atoms with Gasteiger partial charge in [-0.15, -0.1) is 0 Å². The molecule has 0 fully saturated rings. The second-order valence-corrected chi connectivity index (χ2v) is 4.49. The molecule has 0 aliphatic carbocycles. The number of carbonyl (C=O) groups is 1. The van der Waals surface area contributed by atoms with Crippen molar-refractivity contribution in [3.05, 3.63) is 32.6 Å². The fraction of sp³-hybridized carbons (Fsp3) is 0.583. The van der Waals surface area contributed by atoms with Gasteiger partial charge in [-0.3, -0.25) is 14.2 Å². The third kappa shape index (κ3) is 3.54. The summed E-state index contributed by atoms with van der Waals surface area (Å²) in [5.74, 6) is -0.148. The lowest BCUT2D eigenvalue weighted by Gasteiger charge is -2.17. The summed E-state index contributed by atoms with van der Waals surface area (Å²) in [6.45, 7) is 0.103. The maximum absolute atomic E-state index is 11.9. The number of aromatic nitrogens is 2. The number of aliphatic hydroxyl groups excluding tert-OH is 1. The van der Waals surface area contributed by atoms with Gasteiger partial charge in [-0.05, 0) is 6.42 Å². The Kier molecular flexibility index (Phi) is 5.05. The molecule has 0 atom stereocenters. The molecular formula is C12H19N3O4. The second kappa shape index (κ2) is 6.33. The van der Waals surface area contributed by atoms with E-state index in [1.165, 1.54) is 22.7 Å². The van der Waals surface area contributed by atoms with Gasteiger partial charge >= 0.3 is 5.69 Å². The molecule has 0 saturated carbocycles. The SMILES string of the molecule is CN(Cc1cn(C)c(=O)n(C)c1=O)C(=O)CCCO. The maximum atomic E-state index is 11.9. The van der Waals surface area contributed by atoms with Gasteiger partial charge in [-0.2, -0.15) is 0 Å². The van der Waals surface area contributed by atoms with Crippen LogP contribution in [0.1, 0.15) is 18.4 Å². The number of nitrogens with zero attached hydrogens (tertiary/aromatic N) is 3. The Balaban J connectivity index is 2.92. The smallest absolute Gasteiger partial charge is 0.330 e. The molecular weight excluding hydrogens is 250 g/mol. The Morgan fingerprint density at radius 3 is 2.58 bits per heavy atom. The van der Waals surface area contributed by atoms with Crippen molar-refractivity contribution < 1.29 is 9.90 Å². The summed E-state index contributed by atoms with van der Waals surface area (Å²) in [6.07, 6.45) is 2.08. The minimum absolute atomic E-state index is 0.0405. The van der Waals surface area contributed by atoms with Crippen molar-refractivity contribution in [3.63, 3.8) is 0 Å². The molecule has 7 nitrogen and oxygen atoms in total. The lowest BCUT2D eigenvalue weighted by molar-refractivity contribution is -0.130. The van der Waals surface area contributed by atoms with E-state index >= 15 is 0 Å². The van der Waals surface area contributed by atoms with Crippen LogP contribution in [0.5, 0.6) is 0 Å². The summed E-state index contributed by atoms with van der Waals surface area (Å²) in [4.78, 5) is 36.5. The Morgan fingerprint density at radius 2 is 2.00 bits per heavy atom. The van der Waals surface area contributed by atoms with Crippen molar-refractivity contribution in [2.75, 3.05) is 13.7 Å². The molecule has 0 bridgehead atoms. The van der Waals surface area contributed by atoms with Crippen molar-refractivity contribution >= 4 is 5.91 Å². The Bertz CT molecular complexity index is 573. The minimum Gasteiger partial charge on any atom is -0.396 e. The van der Waals surface area contributed by atoms with Crippen LogP contribution in [-0.2, 0) is 25.4 Å². The topological polar surface area (TPSA) is 84.5 Å². The first-order valence-electron chi connectivity index (χ1n) is 5.98. The molecule has 0 radical (unpaired) electrons. The quantitative estimate of drug-likeness (QED) is 0.729. The van der Waals surface area contributed by atoms with E-state index in [-0.39, 0.29) is 25.5 Å². The number of aliphatic hydroxyl groups is 1. The van der Waals surface area contributed by atoms with Crippen molar-refractivity contribution in [3.8, 4) is 0 Å². The first kappa shape index (κ1) is 15.2. The minimum atomic E-state index is -0.400. The molecule has 1 rings (SSSR count). The number of rotatable bonds is 5. The van der Waals surface area contributed by atoms with Crippen molar-refractivity contribution in [2.45, 2.75) is 19.4 Å². The van der Waals surface area contributed by atoms with Crippen LogP contribution in [0.3, 0.4) is 0 Å². The van der Waals surface area contributed by atoms with Crippen LogP contribution in [0.2, 0.25) is 0 Å². The third-order valence-corrected chi connectivity index (χ3v) is 2.90. The summed E-state index contributed by atoms with van der Waals surface area (Å²) in [5.41, 5.74) is -0.419. The van der Waals surface area contributed by atoms with Crippen LogP contribution >= 0.6 is 0 Å². The van der Waals surface area contributed by atoms with Crippen LogP contribution in [0, 0.1) is 0 Å². The van der Waals surface area contributed by atoms with Crippen molar-refractivity contribution in [1.29, 1.82) is 0 Å². The molecule has 19 heavy (non-hydrogen) atoms. The molecule has 7 heteroatoms. The maximum Gasteiger partial charge on any atom is 0.330 e. The lowest BCUT2D eigenvalue weighted by Crippen LogP contribution is -2.40. The largest absolute Gasteiger partial charge is 0.396 e. The highest BCUT2D eigenvalue weighted by atomic mass is 16.3. The van der Waals surface area contributed by atoms with E-state index in [0.717, 1.165) is 4.57 Å². The van der Waals surface area contributed by atoms with Crippen LogP contribution in [0.4, 0.5) is 0 Å². The molecule has 1 amide bonds. The van der Waals surface area contributed by atoms with E-state index in [0.29, 0.717) is 12.0 Å². The summed E-state index contributed by atoms with van der Waals surface area (Å²) < 4.78 is 2.32. The number of hydrogen-bond donors (Lipinski definition) is 1. The van der Waals surface area contributed by atoms with Crippen molar-refractivity contribution in [1.82, 2.24) is 14.0 Å². The molecule has 106 valence electrons. The summed E-state index contributed by atoms with van der Waals surface area (Å²) in [7, 11) is 4.55. The molecule has 0 aromatic carbocycles. The number of aryl methyl sites for hydroxylation is 1. The van der Waals surface area contributed by atoms with Crippen LogP contribution in [0.15, 0.2) is 15.8 Å². The highest BCUT2D eigenvalue weighted by Gasteiger charge is 2.13. The second-order valence-electron chi connectivity index (χ2n) is 4.49. The van der Waals surface area contributed by atoms with Gasteiger partial charge in [-0.1, -0.05) is 0 Å². The molecule has 1 aromatic rings. The standard InChI is InChI=1S/C12H19N3O4/c1-13(10(17)5-4-6-16)7-9-8-14(2)12(19)15(3)11(9)18/h8,16H,4-7H2,1-3H3. The van der Waals surface area contributed by atoms with E-state index in [9.17, 15) is 14.4 Å². The van der Waals surface area contributed by atoms with Gasteiger partial charge in [0.2, 0.25) is 5.91 Å². The monoisotopic (exact) mass is 269 g/mol. The zero-order valence-electron chi connectivity index (χ0n) is 11.4. The Morgan fingerprint density at radius 1 is 1.37 bits per heavy atom. The molecule has 0 aliphatic rings. The fourth-order valence-electron chi connectivity index (χ4n) is 1.76. The molecule has 1 heterocycles. The molecule has 1 aromatic heterocycles. The molecule has 0 spiro atoms. The lowest BCUT2D eigenvalue weighted by atomic mass is 10.2. The first-order valence-corrected chi connectivity index (χ1v) is 5.98. The van der Waals surface area contributed by atoms with E-state index in [1.54, 1.807) is 14.1 Å². The third-order valence-electron chi connectivity index (χ3n) is 2.90. The normalized spacial score (nSPS) is 10.5. The van der Waals surface area contributed by atoms with Crippen LogP contribution < -0.4 is 11.2 Å². The van der Waals surface area contributed by atoms with Crippen LogP contribution in [0.25, 0.3) is 0 Å². The molecule has 0 aliphatic heterocycles. The summed E-state index contributed by atoms with van der Waals surface area (Å²) in [5, 5.41) is 8.67. The van der Waals surface area contributed by atoms with E-state index in [2.05, 4.69) is 0 Å². The van der Waals surface area contributed by atoms with Gasteiger partial charge in [0, 0.05) is 40.4 Å². The number of hydrogen-bond acceptors (Lipinski definition) is 4. The van der Waals surface area contributed by atoms with E-state index in [4.69, 9.17) is 5.11 Å². The number of carbonyl (C=O) groups excluding carboxylic acids is 1. The van der Waals surface area contributed by atoms with Gasteiger partial charge in [0.05, 0.1) is 12.1 Å². The van der Waals surface area contributed by atoms with E-state index < -0.39 is 11.2 Å². The van der Waals surface area contributed by atoms with Gasteiger partial charge in [-0.25, -0.2) is 4.79 Å². The zero-order chi connectivity index (χ0) is 14.6. The first-order chi connectivity index (χ1) is 8.88. The highest BCUT2D eigenvalue weighted by Crippen LogP contribution is 2.00. The Hall–Kier alpha value is -1.89. The summed E-state index contributed by atoms with van der Waals surface area (Å²) >= 11 is 0. The van der Waals surface area contributed by atoms with Gasteiger partial charge < -0.3 is 14.6 Å². The number of amides is 1. The Labute approximate surface area is 110 Å².